The van der Waals surface area contributed by atoms with E-state index in [9.17, 15) is 18.8 Å². The van der Waals surface area contributed by atoms with Crippen LogP contribution in [0.2, 0.25) is 0 Å². The molecule has 1 saturated heterocycles. The molecule has 0 unspecified atom stereocenters. The lowest BCUT2D eigenvalue weighted by molar-refractivity contribution is -0.117. The molecule has 2 heterocycles. The Morgan fingerprint density at radius 1 is 1.06 bits per heavy atom. The minimum atomic E-state index is -0.838. The number of halogens is 1. The SMILES string of the molecule is O=C(CSc1nc2ccccc2c(=O)n1CCCN1CCOCC1)NC(=O)Nc1ccccc1F. The maximum Gasteiger partial charge on any atom is 0.325 e. The number of thioether (sulfide) groups is 1. The zero-order valence-corrected chi connectivity index (χ0v) is 19.9. The summed E-state index contributed by atoms with van der Waals surface area (Å²) in [6, 6.07) is 11.9. The number of hydrogen-bond acceptors (Lipinski definition) is 7. The highest BCUT2D eigenvalue weighted by molar-refractivity contribution is 7.99. The Kier molecular flexibility index (Phi) is 8.45. The molecule has 1 fully saturated rings. The summed E-state index contributed by atoms with van der Waals surface area (Å²) >= 11 is 1.07. The number of nitrogens with zero attached hydrogens (tertiary/aromatic N) is 3. The first-order valence-electron chi connectivity index (χ1n) is 11.3. The van der Waals surface area contributed by atoms with Crippen LogP contribution in [0.25, 0.3) is 10.9 Å². The smallest absolute Gasteiger partial charge is 0.325 e. The van der Waals surface area contributed by atoms with Gasteiger partial charge in [0, 0.05) is 26.2 Å². The number of anilines is 1. The molecule has 35 heavy (non-hydrogen) atoms. The molecule has 4 rings (SSSR count). The van der Waals surface area contributed by atoms with Gasteiger partial charge in [-0.25, -0.2) is 14.2 Å². The Labute approximate surface area is 205 Å². The number of morpholine rings is 1. The molecule has 0 saturated carbocycles. The number of aromatic nitrogens is 2. The van der Waals surface area contributed by atoms with Gasteiger partial charge in [-0.1, -0.05) is 36.0 Å². The highest BCUT2D eigenvalue weighted by Crippen LogP contribution is 2.18. The second kappa shape index (κ2) is 11.9. The summed E-state index contributed by atoms with van der Waals surface area (Å²) in [5.41, 5.74) is 0.343. The van der Waals surface area contributed by atoms with E-state index in [-0.39, 0.29) is 17.0 Å². The van der Waals surface area contributed by atoms with Crippen molar-refractivity contribution in [1.82, 2.24) is 19.8 Å². The highest BCUT2D eigenvalue weighted by Gasteiger charge is 2.16. The van der Waals surface area contributed by atoms with Crippen LogP contribution < -0.4 is 16.2 Å². The number of para-hydroxylation sites is 2. The molecule has 2 aromatic carbocycles. The number of ether oxygens (including phenoxy) is 1. The van der Waals surface area contributed by atoms with Gasteiger partial charge in [-0.15, -0.1) is 0 Å². The molecule has 1 aliphatic heterocycles. The van der Waals surface area contributed by atoms with Crippen LogP contribution in [0.3, 0.4) is 0 Å². The first kappa shape index (κ1) is 24.8. The number of carbonyl (C=O) groups excluding carboxylic acids is 2. The molecule has 3 amide bonds. The van der Waals surface area contributed by atoms with E-state index in [1.807, 2.05) is 0 Å². The average molecular weight is 500 g/mol. The molecule has 11 heteroatoms. The van der Waals surface area contributed by atoms with Crippen molar-refractivity contribution in [2.75, 3.05) is 43.9 Å². The molecular formula is C24H26FN5O4S. The molecule has 3 aromatic rings. The lowest BCUT2D eigenvalue weighted by Gasteiger charge is -2.26. The number of urea groups is 1. The van der Waals surface area contributed by atoms with Crippen LogP contribution >= 0.6 is 11.8 Å². The van der Waals surface area contributed by atoms with E-state index in [0.29, 0.717) is 35.8 Å². The third kappa shape index (κ3) is 6.65. The Hall–Kier alpha value is -3.28. The molecule has 0 bridgehead atoms. The molecular weight excluding hydrogens is 473 g/mol. The van der Waals surface area contributed by atoms with Gasteiger partial charge in [0.25, 0.3) is 5.56 Å². The van der Waals surface area contributed by atoms with Crippen molar-refractivity contribution < 1.29 is 18.7 Å². The van der Waals surface area contributed by atoms with E-state index in [0.717, 1.165) is 37.8 Å². The van der Waals surface area contributed by atoms with Crippen molar-refractivity contribution in [3.05, 3.63) is 64.7 Å². The van der Waals surface area contributed by atoms with E-state index in [4.69, 9.17) is 4.74 Å². The zero-order chi connectivity index (χ0) is 24.6. The number of fused-ring (bicyclic) bond motifs is 1. The molecule has 1 aromatic heterocycles. The number of amides is 3. The minimum Gasteiger partial charge on any atom is -0.379 e. The van der Waals surface area contributed by atoms with Gasteiger partial charge in [0.2, 0.25) is 5.91 Å². The van der Waals surface area contributed by atoms with E-state index in [2.05, 4.69) is 20.5 Å². The van der Waals surface area contributed by atoms with Crippen molar-refractivity contribution in [3.63, 3.8) is 0 Å². The minimum absolute atomic E-state index is 0.0317. The first-order valence-corrected chi connectivity index (χ1v) is 12.3. The van der Waals surface area contributed by atoms with Crippen LogP contribution in [0.5, 0.6) is 0 Å². The van der Waals surface area contributed by atoms with Crippen LogP contribution in [0.15, 0.2) is 58.5 Å². The first-order chi connectivity index (χ1) is 17.0. The maximum atomic E-state index is 13.7. The Balaban J connectivity index is 1.41. The second-order valence-corrected chi connectivity index (χ2v) is 8.89. The summed E-state index contributed by atoms with van der Waals surface area (Å²) in [7, 11) is 0. The van der Waals surface area contributed by atoms with Gasteiger partial charge in [0.15, 0.2) is 5.16 Å². The largest absolute Gasteiger partial charge is 0.379 e. The monoisotopic (exact) mass is 499 g/mol. The van der Waals surface area contributed by atoms with Gasteiger partial charge in [0.05, 0.1) is 35.6 Å². The second-order valence-electron chi connectivity index (χ2n) is 7.95. The molecule has 1 aliphatic rings. The van der Waals surface area contributed by atoms with E-state index < -0.39 is 17.8 Å². The fraction of sp³-hybridized carbons (Fsp3) is 0.333. The number of imide groups is 1. The topological polar surface area (TPSA) is 106 Å². The molecule has 0 atom stereocenters. The molecule has 2 N–H and O–H groups in total. The van der Waals surface area contributed by atoms with Gasteiger partial charge in [-0.3, -0.25) is 24.4 Å². The summed E-state index contributed by atoms with van der Waals surface area (Å²) in [4.78, 5) is 44.5. The van der Waals surface area contributed by atoms with Gasteiger partial charge >= 0.3 is 6.03 Å². The highest BCUT2D eigenvalue weighted by atomic mass is 32.2. The number of carbonyl (C=O) groups is 2. The fourth-order valence-electron chi connectivity index (χ4n) is 3.74. The van der Waals surface area contributed by atoms with Crippen LogP contribution in [0.1, 0.15) is 6.42 Å². The summed E-state index contributed by atoms with van der Waals surface area (Å²) in [5.74, 6) is -1.34. The van der Waals surface area contributed by atoms with E-state index in [1.165, 1.54) is 18.2 Å². The molecule has 0 spiro atoms. The van der Waals surface area contributed by atoms with Crippen molar-refractivity contribution >= 4 is 40.3 Å². The van der Waals surface area contributed by atoms with Gasteiger partial charge in [0.1, 0.15) is 5.82 Å². The van der Waals surface area contributed by atoms with E-state index in [1.54, 1.807) is 34.9 Å². The van der Waals surface area contributed by atoms with Crippen LogP contribution in [-0.2, 0) is 16.1 Å². The molecule has 184 valence electrons. The van der Waals surface area contributed by atoms with Gasteiger partial charge in [-0.05, 0) is 30.7 Å². The molecule has 0 radical (unpaired) electrons. The van der Waals surface area contributed by atoms with Gasteiger partial charge in [-0.2, -0.15) is 0 Å². The molecule has 9 nitrogen and oxygen atoms in total. The zero-order valence-electron chi connectivity index (χ0n) is 19.0. The normalized spacial score (nSPS) is 14.1. The summed E-state index contributed by atoms with van der Waals surface area (Å²) in [6.45, 7) is 4.41. The fourth-order valence-corrected chi connectivity index (χ4v) is 4.57. The van der Waals surface area contributed by atoms with E-state index >= 15 is 0 Å². The Morgan fingerprint density at radius 3 is 2.60 bits per heavy atom. The van der Waals surface area contributed by atoms with Crippen molar-refractivity contribution in [2.24, 2.45) is 0 Å². The number of hydrogen-bond donors (Lipinski definition) is 2. The van der Waals surface area contributed by atoms with Crippen molar-refractivity contribution in [1.29, 1.82) is 0 Å². The molecule has 0 aliphatic carbocycles. The van der Waals surface area contributed by atoms with Crippen molar-refractivity contribution in [2.45, 2.75) is 18.1 Å². The van der Waals surface area contributed by atoms with Crippen LogP contribution in [-0.4, -0.2) is 65.0 Å². The average Bonchev–Trinajstić information content (AvgIpc) is 2.86. The third-order valence-electron chi connectivity index (χ3n) is 5.49. The lowest BCUT2D eigenvalue weighted by atomic mass is 10.2. The Morgan fingerprint density at radius 2 is 1.80 bits per heavy atom. The number of nitrogens with one attached hydrogen (secondary N) is 2. The standard InChI is InChI=1S/C24H26FN5O4S/c25-18-7-2-4-9-20(18)26-23(33)28-21(31)16-35-24-27-19-8-3-1-6-17(19)22(32)30(24)11-5-10-29-12-14-34-15-13-29/h1-4,6-9H,5,10-16H2,(H2,26,28,31,33). The van der Waals surface area contributed by atoms with Crippen LogP contribution in [0, 0.1) is 5.82 Å². The number of benzene rings is 2. The third-order valence-corrected chi connectivity index (χ3v) is 6.47. The predicted octanol–water partition coefficient (Wildman–Crippen LogP) is 2.70. The predicted molar refractivity (Wildman–Crippen MR) is 132 cm³/mol. The summed E-state index contributed by atoms with van der Waals surface area (Å²) < 4.78 is 20.7. The summed E-state index contributed by atoms with van der Waals surface area (Å²) in [5, 5.41) is 5.39. The Bertz CT molecular complexity index is 1260. The quantitative estimate of drug-likeness (QED) is 0.363. The van der Waals surface area contributed by atoms with Crippen LogP contribution in [0.4, 0.5) is 14.9 Å². The van der Waals surface area contributed by atoms with Gasteiger partial charge < -0.3 is 10.1 Å². The maximum absolute atomic E-state index is 13.7. The number of rotatable bonds is 8. The summed E-state index contributed by atoms with van der Waals surface area (Å²) in [6.07, 6.45) is 0.741. The lowest BCUT2D eigenvalue weighted by Crippen LogP contribution is -2.37. The van der Waals surface area contributed by atoms with Crippen molar-refractivity contribution in [3.8, 4) is 0 Å².